The molecule has 84 valence electrons. The van der Waals surface area contributed by atoms with E-state index in [1.807, 2.05) is 6.20 Å². The van der Waals surface area contributed by atoms with E-state index >= 15 is 0 Å². The van der Waals surface area contributed by atoms with Gasteiger partial charge in [0.2, 0.25) is 0 Å². The van der Waals surface area contributed by atoms with Crippen molar-refractivity contribution in [2.75, 3.05) is 53.9 Å². The molecule has 0 atom stereocenters. The second-order valence-corrected chi connectivity index (χ2v) is 3.86. The molecule has 0 aromatic heterocycles. The molecule has 0 fully saturated rings. The van der Waals surface area contributed by atoms with E-state index in [4.69, 9.17) is 0 Å². The Labute approximate surface area is 89.0 Å². The van der Waals surface area contributed by atoms with Crippen molar-refractivity contribution in [3.63, 3.8) is 0 Å². The molecule has 0 saturated heterocycles. The molecule has 0 radical (unpaired) electrons. The summed E-state index contributed by atoms with van der Waals surface area (Å²) >= 11 is 0. The van der Waals surface area contributed by atoms with Crippen LogP contribution in [-0.2, 0) is 0 Å². The highest BCUT2D eigenvalue weighted by molar-refractivity contribution is 4.67. The van der Waals surface area contributed by atoms with Gasteiger partial charge in [0, 0.05) is 33.2 Å². The third-order valence-electron chi connectivity index (χ3n) is 2.55. The zero-order valence-electron chi connectivity index (χ0n) is 10.2. The molecule has 0 N–H and O–H groups in total. The van der Waals surface area contributed by atoms with Crippen molar-refractivity contribution in [3.05, 3.63) is 12.8 Å². The van der Waals surface area contributed by atoms with Crippen molar-refractivity contribution in [1.82, 2.24) is 14.7 Å². The van der Waals surface area contributed by atoms with Crippen molar-refractivity contribution >= 4 is 0 Å². The molecule has 0 heterocycles. The maximum Gasteiger partial charge on any atom is 0.0296 e. The van der Waals surface area contributed by atoms with Gasteiger partial charge in [-0.3, -0.25) is 0 Å². The van der Waals surface area contributed by atoms with E-state index in [9.17, 15) is 0 Å². The highest BCUT2D eigenvalue weighted by Gasteiger charge is 2.00. The minimum Gasteiger partial charge on any atom is -0.380 e. The smallest absolute Gasteiger partial charge is 0.0296 e. The van der Waals surface area contributed by atoms with Crippen LogP contribution in [0.15, 0.2) is 12.8 Å². The first kappa shape index (κ1) is 13.5. The summed E-state index contributed by atoms with van der Waals surface area (Å²) in [4.78, 5) is 6.79. The molecular weight excluding hydrogens is 174 g/mol. The van der Waals surface area contributed by atoms with E-state index in [1.54, 1.807) is 0 Å². The molecule has 0 rings (SSSR count). The van der Waals surface area contributed by atoms with Crippen LogP contribution in [0.1, 0.15) is 6.92 Å². The second kappa shape index (κ2) is 7.83. The third kappa shape index (κ3) is 6.92. The molecule has 0 unspecified atom stereocenters. The average Bonchev–Trinajstić information content (AvgIpc) is 2.22. The van der Waals surface area contributed by atoms with Crippen LogP contribution in [-0.4, -0.2) is 68.6 Å². The zero-order valence-corrected chi connectivity index (χ0v) is 10.2. The summed E-state index contributed by atoms with van der Waals surface area (Å²) in [6.07, 6.45) is 1.87. The highest BCUT2D eigenvalue weighted by Crippen LogP contribution is 1.88. The molecule has 3 heteroatoms. The SMILES string of the molecule is C=CN(C)CCN(C)CCN(C)CC. The molecule has 0 spiro atoms. The van der Waals surface area contributed by atoms with Crippen molar-refractivity contribution in [1.29, 1.82) is 0 Å². The van der Waals surface area contributed by atoms with Crippen LogP contribution >= 0.6 is 0 Å². The molecule has 14 heavy (non-hydrogen) atoms. The number of nitrogens with zero attached hydrogens (tertiary/aromatic N) is 3. The van der Waals surface area contributed by atoms with Crippen LogP contribution in [0.2, 0.25) is 0 Å². The summed E-state index contributed by atoms with van der Waals surface area (Å²) in [6.45, 7) is 11.5. The fourth-order valence-corrected chi connectivity index (χ4v) is 1.03. The Kier molecular flexibility index (Phi) is 7.52. The molecule has 0 saturated carbocycles. The standard InChI is InChI=1S/C11H25N3/c1-6-12(3)8-10-14(5)11-9-13(4)7-2/h6H,1,7-11H2,2-5H3. The fraction of sp³-hybridized carbons (Fsp3) is 0.818. The van der Waals surface area contributed by atoms with Gasteiger partial charge in [0.1, 0.15) is 0 Å². The maximum atomic E-state index is 3.73. The van der Waals surface area contributed by atoms with Gasteiger partial charge in [0.25, 0.3) is 0 Å². The lowest BCUT2D eigenvalue weighted by molar-refractivity contribution is 0.248. The van der Waals surface area contributed by atoms with E-state index < -0.39 is 0 Å². The van der Waals surface area contributed by atoms with Crippen LogP contribution < -0.4 is 0 Å². The first-order valence-electron chi connectivity index (χ1n) is 5.30. The number of likely N-dealkylation sites (N-methyl/N-ethyl adjacent to an activating group) is 3. The van der Waals surface area contributed by atoms with E-state index in [1.165, 1.54) is 0 Å². The van der Waals surface area contributed by atoms with Gasteiger partial charge in [-0.25, -0.2) is 0 Å². The Balaban J connectivity index is 3.45. The normalized spacial score (nSPS) is 11.0. The Hall–Kier alpha value is -0.540. The lowest BCUT2D eigenvalue weighted by Crippen LogP contribution is -2.34. The zero-order chi connectivity index (χ0) is 11.0. The molecule has 0 amide bonds. The van der Waals surface area contributed by atoms with Crippen LogP contribution in [0.3, 0.4) is 0 Å². The lowest BCUT2D eigenvalue weighted by Gasteiger charge is -2.23. The fourth-order valence-electron chi connectivity index (χ4n) is 1.03. The number of hydrogen-bond acceptors (Lipinski definition) is 3. The molecular formula is C11H25N3. The van der Waals surface area contributed by atoms with Crippen LogP contribution in [0.5, 0.6) is 0 Å². The Bertz CT molecular complexity index is 147. The maximum absolute atomic E-state index is 3.73. The molecule has 0 aromatic rings. The predicted octanol–water partition coefficient (Wildman–Crippen LogP) is 0.945. The lowest BCUT2D eigenvalue weighted by atomic mass is 10.4. The topological polar surface area (TPSA) is 9.72 Å². The Morgan fingerprint density at radius 2 is 1.43 bits per heavy atom. The first-order valence-corrected chi connectivity index (χ1v) is 5.30. The number of hydrogen-bond donors (Lipinski definition) is 0. The van der Waals surface area contributed by atoms with E-state index in [0.29, 0.717) is 0 Å². The van der Waals surface area contributed by atoms with Gasteiger partial charge in [0.05, 0.1) is 0 Å². The Morgan fingerprint density at radius 1 is 0.929 bits per heavy atom. The quantitative estimate of drug-likeness (QED) is 0.576. The van der Waals surface area contributed by atoms with Crippen LogP contribution in [0.25, 0.3) is 0 Å². The third-order valence-corrected chi connectivity index (χ3v) is 2.55. The predicted molar refractivity (Wildman–Crippen MR) is 63.5 cm³/mol. The van der Waals surface area contributed by atoms with Crippen molar-refractivity contribution < 1.29 is 0 Å². The summed E-state index contributed by atoms with van der Waals surface area (Å²) in [5.41, 5.74) is 0. The van der Waals surface area contributed by atoms with Gasteiger partial charge in [-0.1, -0.05) is 13.5 Å². The summed E-state index contributed by atoms with van der Waals surface area (Å²) in [5.74, 6) is 0. The minimum absolute atomic E-state index is 1.05. The largest absolute Gasteiger partial charge is 0.380 e. The van der Waals surface area contributed by atoms with Gasteiger partial charge < -0.3 is 14.7 Å². The molecule has 0 aliphatic heterocycles. The Morgan fingerprint density at radius 3 is 1.93 bits per heavy atom. The van der Waals surface area contributed by atoms with Crippen LogP contribution in [0.4, 0.5) is 0 Å². The van der Waals surface area contributed by atoms with Crippen molar-refractivity contribution in [2.24, 2.45) is 0 Å². The van der Waals surface area contributed by atoms with Gasteiger partial charge in [-0.2, -0.15) is 0 Å². The highest BCUT2D eigenvalue weighted by atomic mass is 15.2. The summed E-state index contributed by atoms with van der Waals surface area (Å²) in [5, 5.41) is 0. The summed E-state index contributed by atoms with van der Waals surface area (Å²) in [6, 6.07) is 0. The molecule has 0 aliphatic carbocycles. The molecule has 0 bridgehead atoms. The van der Waals surface area contributed by atoms with Gasteiger partial charge in [0.15, 0.2) is 0 Å². The van der Waals surface area contributed by atoms with Gasteiger partial charge in [-0.15, -0.1) is 0 Å². The van der Waals surface area contributed by atoms with E-state index in [2.05, 4.69) is 49.3 Å². The van der Waals surface area contributed by atoms with Crippen molar-refractivity contribution in [2.45, 2.75) is 6.92 Å². The summed E-state index contributed by atoms with van der Waals surface area (Å²) in [7, 11) is 6.38. The van der Waals surface area contributed by atoms with E-state index in [-0.39, 0.29) is 0 Å². The molecule has 0 aromatic carbocycles. The monoisotopic (exact) mass is 199 g/mol. The number of rotatable bonds is 8. The molecule has 0 aliphatic rings. The summed E-state index contributed by atoms with van der Waals surface area (Å²) < 4.78 is 0. The van der Waals surface area contributed by atoms with Crippen molar-refractivity contribution in [3.8, 4) is 0 Å². The first-order chi connectivity index (χ1) is 6.60. The van der Waals surface area contributed by atoms with Crippen LogP contribution in [0, 0.1) is 0 Å². The second-order valence-electron chi connectivity index (χ2n) is 3.86. The van der Waals surface area contributed by atoms with Gasteiger partial charge in [-0.05, 0) is 26.8 Å². The molecule has 3 nitrogen and oxygen atoms in total. The average molecular weight is 199 g/mol. The van der Waals surface area contributed by atoms with E-state index in [0.717, 1.165) is 32.7 Å². The van der Waals surface area contributed by atoms with Gasteiger partial charge >= 0.3 is 0 Å². The minimum atomic E-state index is 1.05.